The molecule has 1 aromatic heterocycles. The Morgan fingerprint density at radius 2 is 2.06 bits per heavy atom. The van der Waals surface area contributed by atoms with Gasteiger partial charge in [0.2, 0.25) is 0 Å². The fourth-order valence-corrected chi connectivity index (χ4v) is 2.47. The molecule has 0 aromatic carbocycles. The number of nitrogens with one attached hydrogen (secondary N) is 1. The number of nitrogens with two attached hydrogens (primary N) is 1. The summed E-state index contributed by atoms with van der Waals surface area (Å²) in [5.74, 6) is 0.851. The van der Waals surface area contributed by atoms with Gasteiger partial charge in [-0.3, -0.25) is 0 Å². The highest BCUT2D eigenvalue weighted by Gasteiger charge is 2.16. The van der Waals surface area contributed by atoms with Gasteiger partial charge < -0.3 is 11.1 Å². The average Bonchev–Trinajstić information content (AvgIpc) is 2.30. The predicted octanol–water partition coefficient (Wildman–Crippen LogP) is 2.77. The summed E-state index contributed by atoms with van der Waals surface area (Å²) in [7, 11) is 0. The summed E-state index contributed by atoms with van der Waals surface area (Å²) in [4.78, 5) is 4.92. The Kier molecular flexibility index (Phi) is 3.94. The third-order valence-corrected chi connectivity index (χ3v) is 3.47. The smallest absolute Gasteiger partial charge is 0.136 e. The zero-order valence-corrected chi connectivity index (χ0v) is 11.0. The Morgan fingerprint density at radius 1 is 1.35 bits per heavy atom. The largest absolute Gasteiger partial charge is 0.389 e. The number of aryl methyl sites for hydroxylation is 1. The zero-order valence-electron chi connectivity index (χ0n) is 10.2. The van der Waals surface area contributed by atoms with E-state index in [0.29, 0.717) is 11.0 Å². The van der Waals surface area contributed by atoms with Crippen LogP contribution in [0.5, 0.6) is 0 Å². The monoisotopic (exact) mass is 249 g/mol. The first kappa shape index (κ1) is 12.3. The van der Waals surface area contributed by atoms with Gasteiger partial charge >= 0.3 is 0 Å². The molecule has 3 nitrogen and oxygen atoms in total. The number of rotatable bonds is 3. The molecule has 1 heterocycles. The fourth-order valence-electron chi connectivity index (χ4n) is 2.31. The lowest BCUT2D eigenvalue weighted by Crippen LogP contribution is -2.25. The molecule has 17 heavy (non-hydrogen) atoms. The van der Waals surface area contributed by atoms with Gasteiger partial charge in [-0.15, -0.1) is 0 Å². The van der Waals surface area contributed by atoms with Crippen LogP contribution in [0.3, 0.4) is 0 Å². The second kappa shape index (κ2) is 5.45. The van der Waals surface area contributed by atoms with Crippen molar-refractivity contribution in [3.63, 3.8) is 0 Å². The summed E-state index contributed by atoms with van der Waals surface area (Å²) in [6, 6.07) is 4.42. The molecule has 0 spiro atoms. The van der Waals surface area contributed by atoms with E-state index in [1.54, 1.807) is 0 Å². The lowest BCUT2D eigenvalue weighted by atomic mass is 9.95. The van der Waals surface area contributed by atoms with Crippen LogP contribution in [0.1, 0.15) is 43.4 Å². The second-order valence-corrected chi connectivity index (χ2v) is 5.13. The van der Waals surface area contributed by atoms with Crippen LogP contribution >= 0.6 is 12.2 Å². The third kappa shape index (κ3) is 3.16. The van der Waals surface area contributed by atoms with Gasteiger partial charge in [-0.2, -0.15) is 0 Å². The Labute approximate surface area is 108 Å². The quantitative estimate of drug-likeness (QED) is 0.809. The minimum atomic E-state index is 0.413. The number of aromatic nitrogens is 1. The molecule has 1 fully saturated rings. The summed E-state index contributed by atoms with van der Waals surface area (Å²) < 4.78 is 0. The van der Waals surface area contributed by atoms with E-state index < -0.39 is 0 Å². The van der Waals surface area contributed by atoms with Crippen molar-refractivity contribution in [2.75, 3.05) is 5.32 Å². The third-order valence-electron chi connectivity index (χ3n) is 3.25. The number of nitrogens with zero attached hydrogens (tertiary/aromatic N) is 1. The number of hydrogen-bond acceptors (Lipinski definition) is 3. The maximum Gasteiger partial charge on any atom is 0.136 e. The van der Waals surface area contributed by atoms with Gasteiger partial charge in [0.1, 0.15) is 10.8 Å². The first-order chi connectivity index (χ1) is 8.16. The van der Waals surface area contributed by atoms with Gasteiger partial charge in [-0.1, -0.05) is 31.5 Å². The van der Waals surface area contributed by atoms with Crippen molar-refractivity contribution in [3.8, 4) is 0 Å². The van der Waals surface area contributed by atoms with Crippen LogP contribution in [0.2, 0.25) is 0 Å². The van der Waals surface area contributed by atoms with Crippen LogP contribution < -0.4 is 11.1 Å². The summed E-state index contributed by atoms with van der Waals surface area (Å²) in [5.41, 5.74) is 7.57. The van der Waals surface area contributed by atoms with E-state index in [9.17, 15) is 0 Å². The number of thiocarbonyl (C=S) groups is 1. The minimum Gasteiger partial charge on any atom is -0.389 e. The summed E-state index contributed by atoms with van der Waals surface area (Å²) in [5, 5.41) is 3.49. The predicted molar refractivity (Wildman–Crippen MR) is 75.4 cm³/mol. The molecule has 0 bridgehead atoms. The summed E-state index contributed by atoms with van der Waals surface area (Å²) >= 11 is 5.06. The van der Waals surface area contributed by atoms with Crippen molar-refractivity contribution in [2.24, 2.45) is 5.73 Å². The molecule has 1 saturated carbocycles. The summed E-state index contributed by atoms with van der Waals surface area (Å²) in [6.07, 6.45) is 6.37. The standard InChI is InChI=1S/C13H19N3S/c1-9-7-8-11(12(14)17)13(15-9)16-10-5-3-2-4-6-10/h7-8,10H,2-6H2,1H3,(H2,14,17)(H,15,16). The van der Waals surface area contributed by atoms with E-state index in [1.165, 1.54) is 32.1 Å². The fraction of sp³-hybridized carbons (Fsp3) is 0.538. The van der Waals surface area contributed by atoms with Crippen LogP contribution in [0.25, 0.3) is 0 Å². The lowest BCUT2D eigenvalue weighted by molar-refractivity contribution is 0.462. The molecule has 4 heteroatoms. The molecule has 0 amide bonds. The van der Waals surface area contributed by atoms with Crippen molar-refractivity contribution in [1.29, 1.82) is 0 Å². The average molecular weight is 249 g/mol. The van der Waals surface area contributed by atoms with E-state index in [0.717, 1.165) is 17.1 Å². The molecule has 0 radical (unpaired) electrons. The van der Waals surface area contributed by atoms with Crippen molar-refractivity contribution in [3.05, 3.63) is 23.4 Å². The van der Waals surface area contributed by atoms with Crippen molar-refractivity contribution in [2.45, 2.75) is 45.1 Å². The van der Waals surface area contributed by atoms with Gasteiger partial charge in [-0.25, -0.2) is 4.98 Å². The Balaban J connectivity index is 2.17. The number of anilines is 1. The molecule has 3 N–H and O–H groups in total. The molecule has 0 unspecified atom stereocenters. The maximum absolute atomic E-state index is 5.72. The van der Waals surface area contributed by atoms with Crippen LogP contribution in [-0.2, 0) is 0 Å². The van der Waals surface area contributed by atoms with E-state index in [2.05, 4.69) is 10.3 Å². The van der Waals surface area contributed by atoms with Crippen molar-refractivity contribution in [1.82, 2.24) is 4.98 Å². The van der Waals surface area contributed by atoms with Gasteiger partial charge in [0.25, 0.3) is 0 Å². The summed E-state index contributed by atoms with van der Waals surface area (Å²) in [6.45, 7) is 1.98. The zero-order chi connectivity index (χ0) is 12.3. The molecule has 2 rings (SSSR count). The number of hydrogen-bond donors (Lipinski definition) is 2. The van der Waals surface area contributed by atoms with Crippen LogP contribution in [0.15, 0.2) is 12.1 Å². The van der Waals surface area contributed by atoms with Crippen molar-refractivity contribution < 1.29 is 0 Å². The second-order valence-electron chi connectivity index (χ2n) is 4.69. The van der Waals surface area contributed by atoms with Crippen LogP contribution in [0.4, 0.5) is 5.82 Å². The molecule has 1 aliphatic rings. The Bertz CT molecular complexity index is 411. The normalized spacial score (nSPS) is 16.8. The lowest BCUT2D eigenvalue weighted by Gasteiger charge is -2.24. The molecule has 0 aliphatic heterocycles. The van der Waals surface area contributed by atoms with Gasteiger partial charge in [0.15, 0.2) is 0 Å². The van der Waals surface area contributed by atoms with E-state index in [1.807, 2.05) is 19.1 Å². The van der Waals surface area contributed by atoms with E-state index >= 15 is 0 Å². The van der Waals surface area contributed by atoms with E-state index in [4.69, 9.17) is 18.0 Å². The highest BCUT2D eigenvalue weighted by atomic mass is 32.1. The SMILES string of the molecule is Cc1ccc(C(N)=S)c(NC2CCCCC2)n1. The number of pyridine rings is 1. The molecule has 0 atom stereocenters. The molecule has 1 aromatic rings. The molecule has 0 saturated heterocycles. The molecular formula is C13H19N3S. The topological polar surface area (TPSA) is 50.9 Å². The van der Waals surface area contributed by atoms with Gasteiger partial charge in [-0.05, 0) is 31.9 Å². The highest BCUT2D eigenvalue weighted by Crippen LogP contribution is 2.22. The first-order valence-electron chi connectivity index (χ1n) is 6.21. The maximum atomic E-state index is 5.72. The molecule has 92 valence electrons. The van der Waals surface area contributed by atoms with Crippen molar-refractivity contribution >= 4 is 23.0 Å². The molecule has 1 aliphatic carbocycles. The van der Waals surface area contributed by atoms with Crippen LogP contribution in [-0.4, -0.2) is 16.0 Å². The van der Waals surface area contributed by atoms with Gasteiger partial charge in [0.05, 0.1) is 5.56 Å². The Hall–Kier alpha value is -1.16. The minimum absolute atomic E-state index is 0.413. The van der Waals surface area contributed by atoms with E-state index in [-0.39, 0.29) is 0 Å². The van der Waals surface area contributed by atoms with Crippen LogP contribution in [0, 0.1) is 6.92 Å². The molecular weight excluding hydrogens is 230 g/mol. The first-order valence-corrected chi connectivity index (χ1v) is 6.61. The van der Waals surface area contributed by atoms with Gasteiger partial charge in [0, 0.05) is 11.7 Å². The highest BCUT2D eigenvalue weighted by molar-refractivity contribution is 7.80. The Morgan fingerprint density at radius 3 is 2.71 bits per heavy atom.